The Bertz CT molecular complexity index is 2110. The molecule has 0 N–H and O–H groups in total. The van der Waals surface area contributed by atoms with Gasteiger partial charge in [0, 0.05) is 0 Å². The van der Waals surface area contributed by atoms with E-state index in [0.717, 1.165) is 3.67 Å². The third kappa shape index (κ3) is 7.92. The normalized spacial score (nSPS) is 20.5. The molecule has 4 aromatic rings. The van der Waals surface area contributed by atoms with Gasteiger partial charge in [0.05, 0.1) is 0 Å². The van der Waals surface area contributed by atoms with E-state index in [9.17, 15) is 0 Å². The summed E-state index contributed by atoms with van der Waals surface area (Å²) in [6, 6.07) is 30.4. The van der Waals surface area contributed by atoms with Crippen LogP contribution in [0, 0.1) is 0 Å². The van der Waals surface area contributed by atoms with Crippen molar-refractivity contribution in [2.75, 3.05) is 0 Å². The third-order valence-electron chi connectivity index (χ3n) is 13.1. The first kappa shape index (κ1) is 40.5. The van der Waals surface area contributed by atoms with Crippen molar-refractivity contribution >= 4 is 74.7 Å². The molecule has 7 rings (SSSR count). The molecule has 3 aliphatic rings. The van der Waals surface area contributed by atoms with Crippen molar-refractivity contribution in [2.24, 2.45) is 0 Å². The molecule has 284 valence electrons. The first-order valence-corrected chi connectivity index (χ1v) is 48.2. The van der Waals surface area contributed by atoms with E-state index in [1.54, 1.807) is 43.0 Å². The van der Waals surface area contributed by atoms with Crippen LogP contribution in [-0.2, 0) is 20.0 Å². The number of hydrogen-bond donors (Lipinski definition) is 0. The molecule has 54 heavy (non-hydrogen) atoms. The average Bonchev–Trinajstić information content (AvgIpc) is 3.62. The Labute approximate surface area is 340 Å². The second-order valence-electron chi connectivity index (χ2n) is 22.1. The summed E-state index contributed by atoms with van der Waals surface area (Å²) >= 11 is -2.69. The molecular weight excluding hydrogens is 895 g/mol. The topological polar surface area (TPSA) is 0 Å². The van der Waals surface area contributed by atoms with Crippen LogP contribution in [0.2, 0.25) is 92.1 Å². The Balaban J connectivity index is 1.37. The summed E-state index contributed by atoms with van der Waals surface area (Å²) in [4.78, 5) is 0. The van der Waals surface area contributed by atoms with Gasteiger partial charge >= 0.3 is 343 Å². The van der Waals surface area contributed by atoms with E-state index in [0.29, 0.717) is 5.92 Å². The molecule has 0 amide bonds. The van der Waals surface area contributed by atoms with Gasteiger partial charge in [0.25, 0.3) is 0 Å². The molecule has 4 aromatic carbocycles. The van der Waals surface area contributed by atoms with E-state index in [1.807, 2.05) is 10.4 Å². The van der Waals surface area contributed by atoms with Crippen molar-refractivity contribution in [1.29, 1.82) is 0 Å². The SMILES string of the molecule is C[Si](C)(C)c1cc(-c2cccc3c2C=C2[SiH2]C4=Cc5c(-c6cc([Si](C)(C)C)cc([Si](C)(C)C)c6)cccc5[CH]4[Hf]([CH3])([CH3])[CH2]CCCC23)cc([Si](C)(C)C)c1. The average molecular weight is 964 g/mol. The molecule has 0 aromatic heterocycles. The van der Waals surface area contributed by atoms with Gasteiger partial charge < -0.3 is 0 Å². The van der Waals surface area contributed by atoms with Gasteiger partial charge in [0.1, 0.15) is 0 Å². The van der Waals surface area contributed by atoms with Crippen LogP contribution in [0.1, 0.15) is 51.1 Å². The van der Waals surface area contributed by atoms with Gasteiger partial charge in [-0.05, 0) is 0 Å². The number of fused-ring (bicyclic) bond motifs is 6. The Morgan fingerprint density at radius 3 is 1.41 bits per heavy atom. The van der Waals surface area contributed by atoms with Gasteiger partial charge in [-0.15, -0.1) is 0 Å². The Hall–Kier alpha value is -1.69. The zero-order valence-corrected chi connectivity index (χ0v) is 45.3. The predicted octanol–water partition coefficient (Wildman–Crippen LogP) is 11.8. The fourth-order valence-corrected chi connectivity index (χ4v) is 35.5. The van der Waals surface area contributed by atoms with Crippen LogP contribution in [0.25, 0.3) is 34.4 Å². The molecular formula is C48H68HfSi5. The summed E-state index contributed by atoms with van der Waals surface area (Å²) < 4.78 is 7.87. The van der Waals surface area contributed by atoms with Crippen LogP contribution >= 0.6 is 0 Å². The van der Waals surface area contributed by atoms with E-state index in [-0.39, 0.29) is 0 Å². The van der Waals surface area contributed by atoms with Gasteiger partial charge in [-0.25, -0.2) is 0 Å². The molecule has 0 bridgehead atoms. The van der Waals surface area contributed by atoms with Gasteiger partial charge in [0.2, 0.25) is 0 Å². The second kappa shape index (κ2) is 14.3. The molecule has 1 heterocycles. The molecule has 2 aliphatic carbocycles. The Morgan fingerprint density at radius 1 is 0.519 bits per heavy atom. The summed E-state index contributed by atoms with van der Waals surface area (Å²) in [5.74, 6) is 0.596. The minimum atomic E-state index is -2.69. The van der Waals surface area contributed by atoms with Crippen molar-refractivity contribution in [2.45, 2.75) is 121 Å². The fraction of sp³-hybridized carbons (Fsp3) is 0.417. The van der Waals surface area contributed by atoms with Crippen LogP contribution < -0.4 is 20.7 Å². The van der Waals surface area contributed by atoms with Crippen LogP contribution in [0.15, 0.2) is 83.2 Å². The molecule has 0 radical (unpaired) electrons. The van der Waals surface area contributed by atoms with Crippen molar-refractivity contribution in [3.05, 3.63) is 105 Å². The maximum absolute atomic E-state index is 2.81. The second-order valence-corrected chi connectivity index (χ2v) is 62.5. The molecule has 0 saturated carbocycles. The molecule has 2 unspecified atom stereocenters. The summed E-state index contributed by atoms with van der Waals surface area (Å²) in [7, 11) is -6.59. The Kier molecular flexibility index (Phi) is 10.7. The van der Waals surface area contributed by atoms with Crippen molar-refractivity contribution in [3.8, 4) is 22.3 Å². The summed E-state index contributed by atoms with van der Waals surface area (Å²) in [6.45, 7) is 30.3. The first-order valence-electron chi connectivity index (χ1n) is 21.0. The van der Waals surface area contributed by atoms with Crippen LogP contribution in [-0.4, -0.2) is 41.8 Å². The molecule has 1 aliphatic heterocycles. The van der Waals surface area contributed by atoms with Crippen molar-refractivity contribution < 1.29 is 20.0 Å². The molecule has 2 atom stereocenters. The fourth-order valence-electron chi connectivity index (χ4n) is 9.70. The summed E-state index contributed by atoms with van der Waals surface area (Å²) in [6.07, 6.45) is 9.65. The monoisotopic (exact) mass is 964 g/mol. The van der Waals surface area contributed by atoms with E-state index >= 15 is 0 Å². The molecule has 1 saturated heterocycles. The van der Waals surface area contributed by atoms with Gasteiger partial charge in [-0.3, -0.25) is 0 Å². The van der Waals surface area contributed by atoms with E-state index in [1.165, 1.54) is 45.7 Å². The van der Waals surface area contributed by atoms with Gasteiger partial charge in [0.15, 0.2) is 0 Å². The van der Waals surface area contributed by atoms with E-state index in [2.05, 4.69) is 173 Å². The van der Waals surface area contributed by atoms with Crippen LogP contribution in [0.5, 0.6) is 0 Å². The number of hydrogen-bond acceptors (Lipinski definition) is 0. The van der Waals surface area contributed by atoms with Crippen LogP contribution in [0.4, 0.5) is 0 Å². The predicted molar refractivity (Wildman–Crippen MR) is 256 cm³/mol. The standard InChI is InChI=1S/C46H62Si5.2CH3.Hf/c1-14-15-19-43-42-22-17-21-41(34-26-38(50(8,9)10)30-39(27-34)51(11,12)13)45(42)31-46(43)47-35-23-32-18-16-20-40(44(32)28-35)33-24-36(48(2,3)4)29-37(25-33)49(5,6)7;;;/h16-18,20-31,43H,1,14-15,19,47H2,2-13H3;2*1H3;. The summed E-state index contributed by atoms with van der Waals surface area (Å²) in [5.41, 5.74) is 12.4. The molecule has 6 heteroatoms. The number of benzene rings is 4. The number of rotatable bonds is 6. The zero-order valence-electron chi connectivity index (χ0n) is 36.3. The summed E-state index contributed by atoms with van der Waals surface area (Å²) in [5, 5.41) is 10.2. The van der Waals surface area contributed by atoms with Crippen molar-refractivity contribution in [3.63, 3.8) is 0 Å². The third-order valence-corrected chi connectivity index (χ3v) is 38.8. The molecule has 0 spiro atoms. The molecule has 0 nitrogen and oxygen atoms in total. The minimum absolute atomic E-state index is 0.596. The van der Waals surface area contributed by atoms with Crippen LogP contribution in [0.3, 0.4) is 0 Å². The van der Waals surface area contributed by atoms with Gasteiger partial charge in [-0.1, -0.05) is 0 Å². The first-order chi connectivity index (χ1) is 25.0. The van der Waals surface area contributed by atoms with E-state index < -0.39 is 61.8 Å². The van der Waals surface area contributed by atoms with Gasteiger partial charge in [-0.2, -0.15) is 0 Å². The number of allylic oxidation sites excluding steroid dienone is 2. The van der Waals surface area contributed by atoms with E-state index in [4.69, 9.17) is 0 Å². The van der Waals surface area contributed by atoms with Crippen molar-refractivity contribution in [1.82, 2.24) is 0 Å². The molecule has 1 fully saturated rings. The quantitative estimate of drug-likeness (QED) is 0.169. The Morgan fingerprint density at radius 2 is 0.944 bits per heavy atom. The zero-order chi connectivity index (χ0) is 39.2. The maximum atomic E-state index is 2.81.